The van der Waals surface area contributed by atoms with Crippen LogP contribution in [0.1, 0.15) is 27.7 Å². The van der Waals surface area contributed by atoms with Crippen molar-refractivity contribution in [3.8, 4) is 0 Å². The van der Waals surface area contributed by atoms with E-state index in [1.165, 1.54) is 5.69 Å². The Hall–Kier alpha value is -0.540. The fourth-order valence-corrected chi connectivity index (χ4v) is 3.21. The largest absolute Gasteiger partial charge is 0.359 e. The highest BCUT2D eigenvalue weighted by Gasteiger charge is 2.41. The zero-order chi connectivity index (χ0) is 12.7. The van der Waals surface area contributed by atoms with Crippen molar-refractivity contribution >= 4 is 21.6 Å². The Morgan fingerprint density at radius 1 is 1.00 bits per heavy atom. The van der Waals surface area contributed by atoms with E-state index in [1.54, 1.807) is 0 Å². The molecule has 1 fully saturated rings. The van der Waals surface area contributed by atoms with Gasteiger partial charge < -0.3 is 10.2 Å². The molecule has 1 aliphatic heterocycles. The van der Waals surface area contributed by atoms with E-state index in [9.17, 15) is 0 Å². The topological polar surface area (TPSA) is 15.3 Å². The Bertz CT molecular complexity index is 379. The third-order valence-corrected chi connectivity index (χ3v) is 3.94. The number of nitrogens with one attached hydrogen (secondary N) is 1. The SMILES string of the molecule is CC1(C)CNCC(C)(C)N1c1ccc(Br)cc1. The van der Waals surface area contributed by atoms with Crippen LogP contribution in [0.15, 0.2) is 28.7 Å². The molecule has 1 heterocycles. The molecule has 3 heteroatoms. The minimum Gasteiger partial charge on any atom is -0.359 e. The van der Waals surface area contributed by atoms with Crippen LogP contribution in [0.2, 0.25) is 0 Å². The number of benzene rings is 1. The summed E-state index contributed by atoms with van der Waals surface area (Å²) >= 11 is 3.50. The number of hydrogen-bond donors (Lipinski definition) is 1. The molecule has 0 aromatic heterocycles. The molecule has 94 valence electrons. The molecule has 0 atom stereocenters. The highest BCUT2D eigenvalue weighted by molar-refractivity contribution is 9.10. The van der Waals surface area contributed by atoms with E-state index in [-0.39, 0.29) is 11.1 Å². The second-order valence-electron chi connectivity index (χ2n) is 6.04. The predicted octanol–water partition coefficient (Wildman–Crippen LogP) is 3.42. The van der Waals surface area contributed by atoms with Crippen molar-refractivity contribution in [2.24, 2.45) is 0 Å². The quantitative estimate of drug-likeness (QED) is 0.854. The third kappa shape index (κ3) is 2.50. The molecule has 0 bridgehead atoms. The van der Waals surface area contributed by atoms with Crippen LogP contribution in [0.3, 0.4) is 0 Å². The summed E-state index contributed by atoms with van der Waals surface area (Å²) in [5.41, 5.74) is 1.57. The van der Waals surface area contributed by atoms with E-state index in [4.69, 9.17) is 0 Å². The summed E-state index contributed by atoms with van der Waals surface area (Å²) in [7, 11) is 0. The van der Waals surface area contributed by atoms with Gasteiger partial charge in [0.1, 0.15) is 0 Å². The molecule has 0 spiro atoms. The maximum absolute atomic E-state index is 3.53. The van der Waals surface area contributed by atoms with Crippen LogP contribution in [0.25, 0.3) is 0 Å². The van der Waals surface area contributed by atoms with Crippen molar-refractivity contribution in [1.82, 2.24) is 5.32 Å². The summed E-state index contributed by atoms with van der Waals surface area (Å²) < 4.78 is 1.13. The van der Waals surface area contributed by atoms with Crippen molar-refractivity contribution in [3.05, 3.63) is 28.7 Å². The van der Waals surface area contributed by atoms with Gasteiger partial charge in [0.2, 0.25) is 0 Å². The summed E-state index contributed by atoms with van der Waals surface area (Å²) in [5.74, 6) is 0. The molecule has 0 radical (unpaired) electrons. The zero-order valence-corrected chi connectivity index (χ0v) is 12.6. The molecule has 1 aliphatic rings. The molecule has 1 aromatic rings. The van der Waals surface area contributed by atoms with Crippen molar-refractivity contribution in [2.45, 2.75) is 38.8 Å². The average Bonchev–Trinajstić information content (AvgIpc) is 2.18. The molecule has 1 saturated heterocycles. The molecule has 1 N–H and O–H groups in total. The monoisotopic (exact) mass is 296 g/mol. The van der Waals surface area contributed by atoms with Gasteiger partial charge in [-0.05, 0) is 52.0 Å². The molecule has 1 aromatic carbocycles. The molecule has 0 unspecified atom stereocenters. The number of piperazine rings is 1. The van der Waals surface area contributed by atoms with Crippen molar-refractivity contribution in [1.29, 1.82) is 0 Å². The van der Waals surface area contributed by atoms with Crippen LogP contribution in [0.4, 0.5) is 5.69 Å². The minimum absolute atomic E-state index is 0.135. The van der Waals surface area contributed by atoms with Crippen molar-refractivity contribution in [2.75, 3.05) is 18.0 Å². The van der Waals surface area contributed by atoms with Gasteiger partial charge in [0.05, 0.1) is 0 Å². The molecular weight excluding hydrogens is 276 g/mol. The second kappa shape index (κ2) is 4.29. The van der Waals surface area contributed by atoms with Gasteiger partial charge in [-0.15, -0.1) is 0 Å². The average molecular weight is 297 g/mol. The first-order chi connectivity index (χ1) is 7.83. The van der Waals surface area contributed by atoms with E-state index in [0.29, 0.717) is 0 Å². The van der Waals surface area contributed by atoms with E-state index in [0.717, 1.165) is 17.6 Å². The van der Waals surface area contributed by atoms with Gasteiger partial charge in [-0.2, -0.15) is 0 Å². The second-order valence-corrected chi connectivity index (χ2v) is 6.96. The Labute approximate surface area is 113 Å². The molecule has 2 nitrogen and oxygen atoms in total. The van der Waals surface area contributed by atoms with Gasteiger partial charge in [0.25, 0.3) is 0 Å². The van der Waals surface area contributed by atoms with Crippen LogP contribution in [-0.4, -0.2) is 24.2 Å². The van der Waals surface area contributed by atoms with Crippen LogP contribution in [0, 0.1) is 0 Å². The standard InChI is InChI=1S/C14H21BrN2/c1-13(2)9-16-10-14(3,4)17(13)12-7-5-11(15)6-8-12/h5-8,16H,9-10H2,1-4H3. The van der Waals surface area contributed by atoms with Crippen molar-refractivity contribution in [3.63, 3.8) is 0 Å². The lowest BCUT2D eigenvalue weighted by Gasteiger charge is -2.54. The van der Waals surface area contributed by atoms with E-state index in [2.05, 4.69) is 78.1 Å². The number of anilines is 1. The third-order valence-electron chi connectivity index (χ3n) is 3.41. The lowest BCUT2D eigenvalue weighted by molar-refractivity contribution is 0.263. The molecule has 0 aliphatic carbocycles. The Balaban J connectivity index is 2.41. The molecule has 2 rings (SSSR count). The smallest absolute Gasteiger partial charge is 0.0476 e. The fourth-order valence-electron chi connectivity index (χ4n) is 2.94. The minimum atomic E-state index is 0.135. The number of halogens is 1. The zero-order valence-electron chi connectivity index (χ0n) is 11.0. The lowest BCUT2D eigenvalue weighted by atomic mass is 9.88. The van der Waals surface area contributed by atoms with Gasteiger partial charge >= 0.3 is 0 Å². The highest BCUT2D eigenvalue weighted by atomic mass is 79.9. The van der Waals surface area contributed by atoms with E-state index >= 15 is 0 Å². The van der Waals surface area contributed by atoms with Crippen molar-refractivity contribution < 1.29 is 0 Å². The summed E-state index contributed by atoms with van der Waals surface area (Å²) in [5, 5.41) is 3.53. The number of rotatable bonds is 1. The maximum Gasteiger partial charge on any atom is 0.0476 e. The summed E-state index contributed by atoms with van der Waals surface area (Å²) in [4.78, 5) is 2.53. The number of hydrogen-bond acceptors (Lipinski definition) is 2. The fraction of sp³-hybridized carbons (Fsp3) is 0.571. The van der Waals surface area contributed by atoms with Gasteiger partial charge in [-0.3, -0.25) is 0 Å². The normalized spacial score (nSPS) is 22.5. The predicted molar refractivity (Wildman–Crippen MR) is 77.6 cm³/mol. The lowest BCUT2D eigenvalue weighted by Crippen LogP contribution is -2.68. The van der Waals surface area contributed by atoms with Gasteiger partial charge in [0, 0.05) is 34.3 Å². The Kier molecular flexibility index (Phi) is 3.25. The van der Waals surface area contributed by atoms with Crippen LogP contribution in [-0.2, 0) is 0 Å². The molecular formula is C14H21BrN2. The van der Waals surface area contributed by atoms with Gasteiger partial charge in [-0.1, -0.05) is 15.9 Å². The summed E-state index contributed by atoms with van der Waals surface area (Å²) in [6, 6.07) is 8.62. The maximum atomic E-state index is 3.53. The molecule has 17 heavy (non-hydrogen) atoms. The Morgan fingerprint density at radius 3 is 1.94 bits per heavy atom. The van der Waals surface area contributed by atoms with Crippen LogP contribution < -0.4 is 10.2 Å². The summed E-state index contributed by atoms with van der Waals surface area (Å²) in [6.07, 6.45) is 0. The summed E-state index contributed by atoms with van der Waals surface area (Å²) in [6.45, 7) is 11.2. The van der Waals surface area contributed by atoms with E-state index in [1.807, 2.05) is 0 Å². The first-order valence-electron chi connectivity index (χ1n) is 6.10. The highest BCUT2D eigenvalue weighted by Crippen LogP contribution is 2.34. The van der Waals surface area contributed by atoms with Crippen LogP contribution >= 0.6 is 15.9 Å². The first kappa shape index (κ1) is 12.9. The molecule has 0 amide bonds. The van der Waals surface area contributed by atoms with Crippen LogP contribution in [0.5, 0.6) is 0 Å². The van der Waals surface area contributed by atoms with Gasteiger partial charge in [-0.25, -0.2) is 0 Å². The number of nitrogens with zero attached hydrogens (tertiary/aromatic N) is 1. The van der Waals surface area contributed by atoms with E-state index < -0.39 is 0 Å². The Morgan fingerprint density at radius 2 is 1.47 bits per heavy atom. The van der Waals surface area contributed by atoms with Gasteiger partial charge in [0.15, 0.2) is 0 Å². The first-order valence-corrected chi connectivity index (χ1v) is 6.89. The molecule has 0 saturated carbocycles.